The number of aryl methyl sites for hydroxylation is 1. The van der Waals surface area contributed by atoms with Crippen molar-refractivity contribution in [3.8, 4) is 0 Å². The first-order valence-electron chi connectivity index (χ1n) is 10.2. The molecule has 7 heteroatoms. The molecule has 2 aromatic heterocycles. The van der Waals surface area contributed by atoms with E-state index in [4.69, 9.17) is 10.7 Å². The van der Waals surface area contributed by atoms with Crippen molar-refractivity contribution in [3.63, 3.8) is 0 Å². The maximum Gasteiger partial charge on any atom is 0.263 e. The summed E-state index contributed by atoms with van der Waals surface area (Å²) < 4.78 is 1.70. The van der Waals surface area contributed by atoms with E-state index < -0.39 is 5.91 Å². The van der Waals surface area contributed by atoms with Gasteiger partial charge in [0.05, 0.1) is 17.7 Å². The molecule has 1 aromatic carbocycles. The molecule has 0 spiro atoms. The van der Waals surface area contributed by atoms with Crippen molar-refractivity contribution in [2.45, 2.75) is 51.7 Å². The van der Waals surface area contributed by atoms with Gasteiger partial charge in [0.2, 0.25) is 5.91 Å². The van der Waals surface area contributed by atoms with Crippen LogP contribution in [0.5, 0.6) is 0 Å². The highest BCUT2D eigenvalue weighted by Gasteiger charge is 2.32. The first kappa shape index (κ1) is 21.1. The number of aromatic nitrogens is 2. The fraction of sp³-hybridized carbons (Fsp3) is 0.435. The van der Waals surface area contributed by atoms with Crippen molar-refractivity contribution in [3.05, 3.63) is 56.7 Å². The van der Waals surface area contributed by atoms with E-state index in [1.807, 2.05) is 30.3 Å². The third kappa shape index (κ3) is 4.18. The molecule has 3 aromatic rings. The van der Waals surface area contributed by atoms with E-state index >= 15 is 0 Å². The molecule has 0 aliphatic heterocycles. The predicted octanol–water partition coefficient (Wildman–Crippen LogP) is 4.23. The van der Waals surface area contributed by atoms with Gasteiger partial charge in [-0.2, -0.15) is 0 Å². The molecule has 0 saturated carbocycles. The fourth-order valence-corrected chi connectivity index (χ4v) is 6.21. The predicted molar refractivity (Wildman–Crippen MR) is 124 cm³/mol. The largest absolute Gasteiger partial charge is 0.369 e. The Morgan fingerprint density at radius 1 is 1.30 bits per heavy atom. The number of amides is 1. The standard InChI is InChI=1S/C23H27N3O2S2/c1-23(2,3)15-9-10-16-17(11-15)30-20-19(16)21(28)26(12-14-7-5-4-6-8-14)22(25-20)29-13-18(24)27/h4-8,15H,9-13H2,1-3H3,(H2,24,27)/t15-/m0/s1. The third-order valence-corrected chi connectivity index (χ3v) is 8.03. The smallest absolute Gasteiger partial charge is 0.263 e. The molecule has 5 nitrogen and oxygen atoms in total. The summed E-state index contributed by atoms with van der Waals surface area (Å²) in [5.74, 6) is 0.289. The van der Waals surface area contributed by atoms with Crippen molar-refractivity contribution < 1.29 is 4.79 Å². The van der Waals surface area contributed by atoms with Crippen LogP contribution in [0.25, 0.3) is 10.2 Å². The second kappa shape index (κ2) is 8.19. The molecule has 2 N–H and O–H groups in total. The topological polar surface area (TPSA) is 78.0 Å². The molecular formula is C23H27N3O2S2. The molecule has 0 fully saturated rings. The number of hydrogen-bond acceptors (Lipinski definition) is 5. The number of carbonyl (C=O) groups is 1. The number of carbonyl (C=O) groups excluding carboxylic acids is 1. The highest BCUT2D eigenvalue weighted by molar-refractivity contribution is 7.99. The van der Waals surface area contributed by atoms with Crippen molar-refractivity contribution in [1.29, 1.82) is 0 Å². The van der Waals surface area contributed by atoms with Crippen LogP contribution in [0.4, 0.5) is 0 Å². The molecule has 4 rings (SSSR count). The van der Waals surface area contributed by atoms with Crippen molar-refractivity contribution >= 4 is 39.2 Å². The Bertz CT molecular complexity index is 1140. The van der Waals surface area contributed by atoms with Crippen LogP contribution in [0.1, 0.15) is 43.2 Å². The van der Waals surface area contributed by atoms with Crippen LogP contribution < -0.4 is 11.3 Å². The number of nitrogens with zero attached hydrogens (tertiary/aromatic N) is 2. The Morgan fingerprint density at radius 2 is 2.03 bits per heavy atom. The number of fused-ring (bicyclic) bond motifs is 3. The number of hydrogen-bond donors (Lipinski definition) is 1. The normalized spacial score (nSPS) is 16.6. The van der Waals surface area contributed by atoms with Gasteiger partial charge in [0, 0.05) is 4.88 Å². The van der Waals surface area contributed by atoms with Crippen molar-refractivity contribution in [2.75, 3.05) is 5.75 Å². The highest BCUT2D eigenvalue weighted by Crippen LogP contribution is 2.42. The second-order valence-electron chi connectivity index (χ2n) is 9.02. The Kier molecular flexibility index (Phi) is 5.77. The van der Waals surface area contributed by atoms with Gasteiger partial charge in [-0.25, -0.2) is 4.98 Å². The van der Waals surface area contributed by atoms with Gasteiger partial charge < -0.3 is 5.73 Å². The van der Waals surface area contributed by atoms with Gasteiger partial charge in [0.1, 0.15) is 4.83 Å². The zero-order valence-electron chi connectivity index (χ0n) is 17.6. The van der Waals surface area contributed by atoms with Gasteiger partial charge in [-0.15, -0.1) is 11.3 Å². The fourth-order valence-electron chi connectivity index (χ4n) is 4.13. The lowest BCUT2D eigenvalue weighted by atomic mass is 9.72. The Morgan fingerprint density at radius 3 is 2.70 bits per heavy atom. The van der Waals surface area contributed by atoms with E-state index in [1.165, 1.54) is 22.2 Å². The quantitative estimate of drug-likeness (QED) is 0.475. The van der Waals surface area contributed by atoms with Gasteiger partial charge >= 0.3 is 0 Å². The number of nitrogens with two attached hydrogens (primary N) is 1. The molecule has 2 heterocycles. The molecular weight excluding hydrogens is 414 g/mol. The SMILES string of the molecule is CC(C)(C)[C@H]1CCc2c(sc3nc(SCC(N)=O)n(Cc4ccccc4)c(=O)c23)C1. The molecule has 0 saturated heterocycles. The van der Waals surface area contributed by atoms with E-state index in [-0.39, 0.29) is 16.7 Å². The molecule has 158 valence electrons. The summed E-state index contributed by atoms with van der Waals surface area (Å²) in [7, 11) is 0. The van der Waals surface area contributed by atoms with Crippen LogP contribution in [0.15, 0.2) is 40.3 Å². The Balaban J connectivity index is 1.82. The zero-order chi connectivity index (χ0) is 21.5. The van der Waals surface area contributed by atoms with Gasteiger partial charge in [0.15, 0.2) is 5.16 Å². The lowest BCUT2D eigenvalue weighted by Gasteiger charge is -2.33. The number of thioether (sulfide) groups is 1. The number of rotatable bonds is 5. The number of thiophene rings is 1. The van der Waals surface area contributed by atoms with E-state index in [0.717, 1.165) is 35.0 Å². The van der Waals surface area contributed by atoms with Crippen LogP contribution >= 0.6 is 23.1 Å². The monoisotopic (exact) mass is 441 g/mol. The molecule has 0 bridgehead atoms. The van der Waals surface area contributed by atoms with Crippen molar-refractivity contribution in [2.24, 2.45) is 17.1 Å². The summed E-state index contributed by atoms with van der Waals surface area (Å²) in [5.41, 5.74) is 7.80. The lowest BCUT2D eigenvalue weighted by molar-refractivity contribution is -0.115. The van der Waals surface area contributed by atoms with Gasteiger partial charge in [-0.1, -0.05) is 62.9 Å². The summed E-state index contributed by atoms with van der Waals surface area (Å²) >= 11 is 2.88. The van der Waals surface area contributed by atoms with Crippen LogP contribution in [0.3, 0.4) is 0 Å². The summed E-state index contributed by atoms with van der Waals surface area (Å²) in [4.78, 5) is 31.9. The van der Waals surface area contributed by atoms with Crippen LogP contribution in [-0.4, -0.2) is 21.2 Å². The maximum atomic E-state index is 13.6. The number of primary amides is 1. The van der Waals surface area contributed by atoms with E-state index in [0.29, 0.717) is 17.6 Å². The molecule has 0 unspecified atom stereocenters. The Hall–Kier alpha value is -2.12. The lowest BCUT2D eigenvalue weighted by Crippen LogP contribution is -2.28. The summed E-state index contributed by atoms with van der Waals surface area (Å²) in [5, 5.41) is 1.32. The zero-order valence-corrected chi connectivity index (χ0v) is 19.2. The average Bonchev–Trinajstić information content (AvgIpc) is 3.06. The van der Waals surface area contributed by atoms with E-state index in [9.17, 15) is 9.59 Å². The van der Waals surface area contributed by atoms with E-state index in [1.54, 1.807) is 15.9 Å². The first-order chi connectivity index (χ1) is 14.2. The van der Waals surface area contributed by atoms with Crippen LogP contribution in [-0.2, 0) is 24.2 Å². The minimum Gasteiger partial charge on any atom is -0.369 e. The molecule has 1 amide bonds. The third-order valence-electron chi connectivity index (χ3n) is 5.89. The van der Waals surface area contributed by atoms with Gasteiger partial charge in [-0.3, -0.25) is 14.2 Å². The number of benzene rings is 1. The Labute approximate surface area is 184 Å². The summed E-state index contributed by atoms with van der Waals surface area (Å²) in [6.45, 7) is 7.30. The van der Waals surface area contributed by atoms with E-state index in [2.05, 4.69) is 20.8 Å². The van der Waals surface area contributed by atoms with Gasteiger partial charge in [0.25, 0.3) is 5.56 Å². The molecule has 1 aliphatic carbocycles. The molecule has 1 atom stereocenters. The minimum atomic E-state index is -0.417. The highest BCUT2D eigenvalue weighted by atomic mass is 32.2. The minimum absolute atomic E-state index is 0.0115. The molecule has 30 heavy (non-hydrogen) atoms. The maximum absolute atomic E-state index is 13.6. The summed E-state index contributed by atoms with van der Waals surface area (Å²) in [6.07, 6.45) is 3.02. The first-order valence-corrected chi connectivity index (χ1v) is 12.0. The summed E-state index contributed by atoms with van der Waals surface area (Å²) in [6, 6.07) is 9.87. The van der Waals surface area contributed by atoms with Crippen LogP contribution in [0.2, 0.25) is 0 Å². The van der Waals surface area contributed by atoms with Gasteiger partial charge in [-0.05, 0) is 41.7 Å². The van der Waals surface area contributed by atoms with Crippen LogP contribution in [0, 0.1) is 11.3 Å². The average molecular weight is 442 g/mol. The molecule has 0 radical (unpaired) electrons. The van der Waals surface area contributed by atoms with Crippen molar-refractivity contribution in [1.82, 2.24) is 9.55 Å². The second-order valence-corrected chi connectivity index (χ2v) is 11.0. The molecule has 1 aliphatic rings.